The molecule has 2 aromatic heterocycles. The monoisotopic (exact) mass is 363 g/mol. The van der Waals surface area contributed by atoms with Gasteiger partial charge in [-0.15, -0.1) is 0 Å². The molecule has 0 unspecified atom stereocenters. The summed E-state index contributed by atoms with van der Waals surface area (Å²) in [6.45, 7) is 2.15. The van der Waals surface area contributed by atoms with Crippen molar-refractivity contribution in [3.63, 3.8) is 0 Å². The number of esters is 1. The zero-order valence-corrected chi connectivity index (χ0v) is 14.5. The van der Waals surface area contributed by atoms with E-state index in [4.69, 9.17) is 9.84 Å². The number of imidazole rings is 1. The maximum atomic E-state index is 11.5. The van der Waals surface area contributed by atoms with E-state index in [2.05, 4.69) is 15.0 Å². The topological polar surface area (TPSA) is 105 Å². The minimum atomic E-state index is -0.995. The van der Waals surface area contributed by atoms with Crippen LogP contribution in [0.4, 0.5) is 0 Å². The predicted molar refractivity (Wildman–Crippen MR) is 101 cm³/mol. The van der Waals surface area contributed by atoms with Crippen LogP contribution in [0.2, 0.25) is 0 Å². The van der Waals surface area contributed by atoms with Crippen LogP contribution in [-0.4, -0.2) is 38.6 Å². The maximum Gasteiger partial charge on any atom is 0.354 e. The first-order valence-electron chi connectivity index (χ1n) is 8.27. The highest BCUT2D eigenvalue weighted by molar-refractivity contribution is 6.01. The number of pyridine rings is 1. The minimum Gasteiger partial charge on any atom is -0.477 e. The van der Waals surface area contributed by atoms with E-state index in [0.717, 1.165) is 16.3 Å². The lowest BCUT2D eigenvalue weighted by atomic mass is 10.1. The summed E-state index contributed by atoms with van der Waals surface area (Å²) < 4.78 is 4.91. The molecule has 2 heterocycles. The summed E-state index contributed by atoms with van der Waals surface area (Å²) >= 11 is 0. The molecule has 4 rings (SSSR count). The molecule has 136 valence electrons. The molecule has 0 aliphatic carbocycles. The molecule has 0 saturated carbocycles. The number of rotatable bonds is 3. The Morgan fingerprint density at radius 1 is 1.07 bits per heavy atom. The van der Waals surface area contributed by atoms with Crippen molar-refractivity contribution in [2.45, 2.75) is 6.92 Å². The Kier molecular flexibility index (Phi) is 5.41. The van der Waals surface area contributed by atoms with Crippen molar-refractivity contribution < 1.29 is 19.4 Å². The first-order chi connectivity index (χ1) is 13.1. The molecule has 7 nitrogen and oxygen atoms in total. The second kappa shape index (κ2) is 8.09. The van der Waals surface area contributed by atoms with E-state index >= 15 is 0 Å². The Balaban J connectivity index is 0.000000156. The summed E-state index contributed by atoms with van der Waals surface area (Å²) in [4.78, 5) is 32.9. The van der Waals surface area contributed by atoms with Crippen molar-refractivity contribution in [2.24, 2.45) is 0 Å². The zero-order valence-electron chi connectivity index (χ0n) is 14.5. The van der Waals surface area contributed by atoms with Gasteiger partial charge in [0.1, 0.15) is 11.2 Å². The standard InChI is InChI=1S/C10H10N2O2.C10H7NO2/c1-2-14-10(13)7-4-3-5-8-9(7)12-6-11-8;12-10(13)9-5-7-3-1-2-4-8(7)6-11-9/h3-6H,2H2,1H3,(H,11,12);1-6H,(H,12,13). The molecule has 0 spiro atoms. The van der Waals surface area contributed by atoms with Crippen LogP contribution in [0.15, 0.2) is 61.1 Å². The van der Waals surface area contributed by atoms with Gasteiger partial charge in [0.05, 0.1) is 24.0 Å². The Labute approximate surface area is 154 Å². The number of hydrogen-bond acceptors (Lipinski definition) is 5. The van der Waals surface area contributed by atoms with E-state index in [1.54, 1.807) is 37.6 Å². The molecule has 0 aliphatic rings. The molecule has 0 atom stereocenters. The van der Waals surface area contributed by atoms with Gasteiger partial charge in [-0.2, -0.15) is 0 Å². The van der Waals surface area contributed by atoms with Crippen LogP contribution >= 0.6 is 0 Å². The fourth-order valence-corrected chi connectivity index (χ4v) is 2.54. The van der Waals surface area contributed by atoms with Gasteiger partial charge in [-0.1, -0.05) is 30.3 Å². The number of carboxylic acid groups (broad SMARTS) is 1. The Bertz CT molecular complexity index is 1100. The van der Waals surface area contributed by atoms with Crippen LogP contribution in [-0.2, 0) is 4.74 Å². The maximum absolute atomic E-state index is 11.5. The van der Waals surface area contributed by atoms with Gasteiger partial charge in [-0.3, -0.25) is 0 Å². The number of fused-ring (bicyclic) bond motifs is 2. The smallest absolute Gasteiger partial charge is 0.354 e. The van der Waals surface area contributed by atoms with E-state index in [-0.39, 0.29) is 11.7 Å². The van der Waals surface area contributed by atoms with E-state index < -0.39 is 5.97 Å². The number of nitrogens with zero attached hydrogens (tertiary/aromatic N) is 2. The van der Waals surface area contributed by atoms with Crippen molar-refractivity contribution in [1.29, 1.82) is 0 Å². The predicted octanol–water partition coefficient (Wildman–Crippen LogP) is 3.67. The van der Waals surface area contributed by atoms with E-state index in [0.29, 0.717) is 17.7 Å². The highest BCUT2D eigenvalue weighted by atomic mass is 16.5. The average Bonchev–Trinajstić information content (AvgIpc) is 3.17. The molecule has 0 aliphatic heterocycles. The fourth-order valence-electron chi connectivity index (χ4n) is 2.54. The minimum absolute atomic E-state index is 0.0821. The highest BCUT2D eigenvalue weighted by Gasteiger charge is 2.11. The van der Waals surface area contributed by atoms with Crippen molar-refractivity contribution in [1.82, 2.24) is 15.0 Å². The summed E-state index contributed by atoms with van der Waals surface area (Å²) in [7, 11) is 0. The Morgan fingerprint density at radius 2 is 1.85 bits per heavy atom. The quantitative estimate of drug-likeness (QED) is 0.538. The third kappa shape index (κ3) is 4.09. The van der Waals surface area contributed by atoms with Crippen molar-refractivity contribution in [3.8, 4) is 0 Å². The first-order valence-corrected chi connectivity index (χ1v) is 8.27. The molecule has 0 radical (unpaired) electrons. The van der Waals surface area contributed by atoms with Gasteiger partial charge in [0.2, 0.25) is 0 Å². The largest absolute Gasteiger partial charge is 0.477 e. The van der Waals surface area contributed by atoms with Crippen LogP contribution in [0, 0.1) is 0 Å². The lowest BCUT2D eigenvalue weighted by Crippen LogP contribution is -2.05. The fraction of sp³-hybridized carbons (Fsp3) is 0.100. The summed E-state index contributed by atoms with van der Waals surface area (Å²) in [5.74, 6) is -1.32. The van der Waals surface area contributed by atoms with Crippen molar-refractivity contribution in [3.05, 3.63) is 72.3 Å². The second-order valence-corrected chi connectivity index (χ2v) is 5.55. The molecule has 2 aromatic carbocycles. The van der Waals surface area contributed by atoms with Gasteiger partial charge in [0, 0.05) is 11.6 Å². The molecule has 7 heteroatoms. The molecule has 0 saturated heterocycles. The average molecular weight is 363 g/mol. The summed E-state index contributed by atoms with van der Waals surface area (Å²) in [5, 5.41) is 10.5. The van der Waals surface area contributed by atoms with Gasteiger partial charge >= 0.3 is 11.9 Å². The third-order valence-electron chi connectivity index (χ3n) is 3.80. The van der Waals surface area contributed by atoms with Crippen LogP contribution < -0.4 is 0 Å². The number of carbonyl (C=O) groups excluding carboxylic acids is 1. The molecule has 0 bridgehead atoms. The van der Waals surface area contributed by atoms with Crippen molar-refractivity contribution >= 4 is 33.7 Å². The molecule has 4 aromatic rings. The molecular formula is C20H17N3O4. The number of hydrogen-bond donors (Lipinski definition) is 2. The number of aromatic amines is 1. The van der Waals surface area contributed by atoms with E-state index in [1.807, 2.05) is 30.3 Å². The second-order valence-electron chi connectivity index (χ2n) is 5.55. The Hall–Kier alpha value is -3.74. The van der Waals surface area contributed by atoms with Crippen LogP contribution in [0.5, 0.6) is 0 Å². The molecular weight excluding hydrogens is 346 g/mol. The van der Waals surface area contributed by atoms with Gasteiger partial charge in [0.25, 0.3) is 0 Å². The highest BCUT2D eigenvalue weighted by Crippen LogP contribution is 2.15. The summed E-state index contributed by atoms with van der Waals surface area (Å²) in [6.07, 6.45) is 3.13. The molecule has 0 amide bonds. The third-order valence-corrected chi connectivity index (χ3v) is 3.80. The number of para-hydroxylation sites is 1. The zero-order chi connectivity index (χ0) is 19.2. The van der Waals surface area contributed by atoms with Gasteiger partial charge in [-0.05, 0) is 30.5 Å². The normalized spacial score (nSPS) is 10.3. The summed E-state index contributed by atoms with van der Waals surface area (Å²) in [6, 6.07) is 14.5. The van der Waals surface area contributed by atoms with Crippen LogP contribution in [0.25, 0.3) is 21.8 Å². The number of nitrogens with one attached hydrogen (secondary N) is 1. The van der Waals surface area contributed by atoms with Gasteiger partial charge in [-0.25, -0.2) is 19.6 Å². The van der Waals surface area contributed by atoms with Gasteiger partial charge < -0.3 is 14.8 Å². The number of aromatic nitrogens is 3. The number of carbonyl (C=O) groups is 2. The SMILES string of the molecule is CCOC(=O)c1cccc2[nH]cnc12.O=C(O)c1cc2ccccc2cn1. The molecule has 2 N–H and O–H groups in total. The molecule has 27 heavy (non-hydrogen) atoms. The molecule has 0 fully saturated rings. The first kappa shape index (κ1) is 18.1. The van der Waals surface area contributed by atoms with E-state index in [9.17, 15) is 9.59 Å². The lowest BCUT2D eigenvalue weighted by molar-refractivity contribution is 0.0528. The summed E-state index contributed by atoms with van der Waals surface area (Å²) in [5.41, 5.74) is 2.09. The number of ether oxygens (including phenoxy) is 1. The van der Waals surface area contributed by atoms with E-state index in [1.165, 1.54) is 0 Å². The van der Waals surface area contributed by atoms with Crippen LogP contribution in [0.3, 0.4) is 0 Å². The lowest BCUT2D eigenvalue weighted by Gasteiger charge is -2.01. The Morgan fingerprint density at radius 3 is 2.59 bits per heavy atom. The number of carboxylic acids is 1. The number of H-pyrrole nitrogens is 1. The van der Waals surface area contributed by atoms with Crippen molar-refractivity contribution in [2.75, 3.05) is 6.61 Å². The van der Waals surface area contributed by atoms with Gasteiger partial charge in [0.15, 0.2) is 0 Å². The number of aromatic carboxylic acids is 1. The van der Waals surface area contributed by atoms with Crippen LogP contribution in [0.1, 0.15) is 27.8 Å². The number of benzene rings is 2.